The van der Waals surface area contributed by atoms with Crippen molar-refractivity contribution in [2.45, 2.75) is 52.6 Å². The zero-order chi connectivity index (χ0) is 16.0. The van der Waals surface area contributed by atoms with Gasteiger partial charge in [0.1, 0.15) is 5.82 Å². The molecule has 0 radical (unpaired) electrons. The van der Waals surface area contributed by atoms with Crippen molar-refractivity contribution in [2.24, 2.45) is 5.92 Å². The number of hydrogen-bond acceptors (Lipinski definition) is 4. The minimum atomic E-state index is 0.171. The average Bonchev–Trinajstić information content (AvgIpc) is 3.16. The number of carbonyl (C=O) groups excluding carboxylic acids is 1. The number of carbonyl (C=O) groups is 1. The molecule has 1 atom stereocenters. The normalized spacial score (nSPS) is 20.3. The van der Waals surface area contributed by atoms with Crippen LogP contribution in [0.3, 0.4) is 0 Å². The first-order valence-electron chi connectivity index (χ1n) is 8.46. The summed E-state index contributed by atoms with van der Waals surface area (Å²) < 4.78 is 2.16. The fraction of sp³-hybridized carbons (Fsp3) is 0.588. The fourth-order valence-corrected chi connectivity index (χ4v) is 4.92. The Morgan fingerprint density at radius 3 is 3.09 bits per heavy atom. The quantitative estimate of drug-likeness (QED) is 0.851. The first-order chi connectivity index (χ1) is 11.2. The van der Waals surface area contributed by atoms with Crippen molar-refractivity contribution in [3.05, 3.63) is 33.0 Å². The van der Waals surface area contributed by atoms with Crippen LogP contribution in [0.5, 0.6) is 0 Å². The maximum absolute atomic E-state index is 13.0. The van der Waals surface area contributed by atoms with Crippen molar-refractivity contribution < 1.29 is 4.79 Å². The predicted octanol–water partition coefficient (Wildman–Crippen LogP) is 2.68. The third-order valence-electron chi connectivity index (χ3n) is 5.07. The molecule has 0 spiro atoms. The Kier molecular flexibility index (Phi) is 3.71. The van der Waals surface area contributed by atoms with Crippen molar-refractivity contribution in [1.29, 1.82) is 0 Å². The molecule has 1 aliphatic heterocycles. The first-order valence-corrected chi connectivity index (χ1v) is 9.34. The highest BCUT2D eigenvalue weighted by atomic mass is 32.1. The second kappa shape index (κ2) is 5.74. The van der Waals surface area contributed by atoms with Gasteiger partial charge >= 0.3 is 0 Å². The number of hydrogen-bond donors (Lipinski definition) is 0. The average molecular weight is 330 g/mol. The smallest absolute Gasteiger partial charge is 0.255 e. The van der Waals surface area contributed by atoms with E-state index in [0.29, 0.717) is 6.54 Å². The van der Waals surface area contributed by atoms with Gasteiger partial charge < -0.3 is 9.47 Å². The zero-order valence-electron chi connectivity index (χ0n) is 13.7. The van der Waals surface area contributed by atoms with Gasteiger partial charge in [-0.15, -0.1) is 21.5 Å². The van der Waals surface area contributed by atoms with E-state index in [2.05, 4.69) is 34.0 Å². The molecule has 5 nitrogen and oxygen atoms in total. The Labute approximate surface area is 140 Å². The van der Waals surface area contributed by atoms with Gasteiger partial charge in [0.2, 0.25) is 0 Å². The summed E-state index contributed by atoms with van der Waals surface area (Å²) in [5.41, 5.74) is 2.24. The summed E-state index contributed by atoms with van der Waals surface area (Å²) >= 11 is 1.76. The SMILES string of the molecule is CCc1nnc2n1CCN(C(=O)c1csc3c1CC[C@@H](C)C3)C2. The highest BCUT2D eigenvalue weighted by Crippen LogP contribution is 2.33. The van der Waals surface area contributed by atoms with Gasteiger partial charge in [0, 0.05) is 29.8 Å². The number of fused-ring (bicyclic) bond motifs is 2. The molecule has 2 aromatic heterocycles. The van der Waals surface area contributed by atoms with Crippen molar-refractivity contribution >= 4 is 17.2 Å². The van der Waals surface area contributed by atoms with Gasteiger partial charge in [-0.3, -0.25) is 4.79 Å². The lowest BCUT2D eigenvalue weighted by Gasteiger charge is -2.28. The van der Waals surface area contributed by atoms with E-state index in [1.54, 1.807) is 11.3 Å². The van der Waals surface area contributed by atoms with Crippen LogP contribution < -0.4 is 0 Å². The van der Waals surface area contributed by atoms with Gasteiger partial charge in [-0.1, -0.05) is 13.8 Å². The highest BCUT2D eigenvalue weighted by molar-refractivity contribution is 7.10. The zero-order valence-corrected chi connectivity index (χ0v) is 14.5. The maximum atomic E-state index is 13.0. The van der Waals surface area contributed by atoms with Crippen LogP contribution in [0.15, 0.2) is 5.38 Å². The minimum absolute atomic E-state index is 0.171. The monoisotopic (exact) mass is 330 g/mol. The molecule has 0 N–H and O–H groups in total. The maximum Gasteiger partial charge on any atom is 0.255 e. The number of aromatic nitrogens is 3. The topological polar surface area (TPSA) is 51.0 Å². The molecular weight excluding hydrogens is 308 g/mol. The molecule has 0 saturated carbocycles. The van der Waals surface area contributed by atoms with E-state index >= 15 is 0 Å². The number of amides is 1. The molecule has 23 heavy (non-hydrogen) atoms. The van der Waals surface area contributed by atoms with Gasteiger partial charge in [0.25, 0.3) is 5.91 Å². The summed E-state index contributed by atoms with van der Waals surface area (Å²) in [6, 6.07) is 0. The van der Waals surface area contributed by atoms with Gasteiger partial charge in [-0.25, -0.2) is 0 Å². The van der Waals surface area contributed by atoms with Crippen LogP contribution in [0.1, 0.15) is 52.7 Å². The number of rotatable bonds is 2. The van der Waals surface area contributed by atoms with E-state index in [0.717, 1.165) is 55.5 Å². The molecule has 1 amide bonds. The molecular formula is C17H22N4OS. The van der Waals surface area contributed by atoms with Crippen molar-refractivity contribution in [3.63, 3.8) is 0 Å². The van der Waals surface area contributed by atoms with Gasteiger partial charge in [-0.2, -0.15) is 0 Å². The lowest BCUT2D eigenvalue weighted by molar-refractivity contribution is 0.0705. The molecule has 1 aliphatic carbocycles. The summed E-state index contributed by atoms with van der Waals surface area (Å²) in [5.74, 6) is 2.85. The lowest BCUT2D eigenvalue weighted by atomic mass is 9.88. The van der Waals surface area contributed by atoms with Crippen LogP contribution in [-0.4, -0.2) is 32.1 Å². The summed E-state index contributed by atoms with van der Waals surface area (Å²) in [5, 5.41) is 10.6. The second-order valence-electron chi connectivity index (χ2n) is 6.66. The van der Waals surface area contributed by atoms with E-state index in [9.17, 15) is 4.79 Å². The van der Waals surface area contributed by atoms with Crippen LogP contribution >= 0.6 is 11.3 Å². The number of nitrogens with zero attached hydrogens (tertiary/aromatic N) is 4. The Balaban J connectivity index is 1.57. The minimum Gasteiger partial charge on any atom is -0.329 e. The highest BCUT2D eigenvalue weighted by Gasteiger charge is 2.29. The molecule has 2 aliphatic rings. The van der Waals surface area contributed by atoms with Crippen molar-refractivity contribution in [3.8, 4) is 0 Å². The fourth-order valence-electron chi connectivity index (χ4n) is 3.68. The third kappa shape index (κ3) is 2.49. The van der Waals surface area contributed by atoms with Crippen LogP contribution in [0.4, 0.5) is 0 Å². The van der Waals surface area contributed by atoms with Crippen LogP contribution in [0.2, 0.25) is 0 Å². The van der Waals surface area contributed by atoms with E-state index in [4.69, 9.17) is 0 Å². The largest absolute Gasteiger partial charge is 0.329 e. The van der Waals surface area contributed by atoms with E-state index < -0.39 is 0 Å². The Hall–Kier alpha value is -1.69. The Morgan fingerprint density at radius 1 is 1.39 bits per heavy atom. The number of thiophene rings is 1. The molecule has 4 rings (SSSR count). The molecule has 3 heterocycles. The molecule has 0 unspecified atom stereocenters. The Morgan fingerprint density at radius 2 is 2.26 bits per heavy atom. The second-order valence-corrected chi connectivity index (χ2v) is 7.63. The summed E-state index contributed by atoms with van der Waals surface area (Å²) in [7, 11) is 0. The molecule has 0 aromatic carbocycles. The Bertz CT molecular complexity index is 748. The third-order valence-corrected chi connectivity index (χ3v) is 6.12. The van der Waals surface area contributed by atoms with Crippen LogP contribution in [0, 0.1) is 5.92 Å². The molecule has 0 saturated heterocycles. The first kappa shape index (κ1) is 14.9. The van der Waals surface area contributed by atoms with Crippen LogP contribution in [-0.2, 0) is 32.4 Å². The molecule has 122 valence electrons. The molecule has 0 bridgehead atoms. The van der Waals surface area contributed by atoms with Crippen molar-refractivity contribution in [1.82, 2.24) is 19.7 Å². The summed E-state index contributed by atoms with van der Waals surface area (Å²) in [6.07, 6.45) is 4.25. The van der Waals surface area contributed by atoms with Gasteiger partial charge in [-0.05, 0) is 30.7 Å². The van der Waals surface area contributed by atoms with Crippen LogP contribution in [0.25, 0.3) is 0 Å². The van der Waals surface area contributed by atoms with E-state index in [1.807, 2.05) is 4.90 Å². The number of aryl methyl sites for hydroxylation is 1. The molecule has 2 aromatic rings. The predicted molar refractivity (Wildman–Crippen MR) is 89.6 cm³/mol. The lowest BCUT2D eigenvalue weighted by Crippen LogP contribution is -2.39. The molecule has 0 fully saturated rings. The standard InChI is InChI=1S/C17H22N4OS/c1-3-15-18-19-16-9-20(6-7-21(15)16)17(22)13-10-23-14-8-11(2)4-5-12(13)14/h10-11H,3-9H2,1-2H3/t11-/m1/s1. The van der Waals surface area contributed by atoms with Gasteiger partial charge in [0.15, 0.2) is 5.82 Å². The van der Waals surface area contributed by atoms with E-state index in [-0.39, 0.29) is 5.91 Å². The van der Waals surface area contributed by atoms with Gasteiger partial charge in [0.05, 0.1) is 12.1 Å². The van der Waals surface area contributed by atoms with E-state index in [1.165, 1.54) is 16.9 Å². The summed E-state index contributed by atoms with van der Waals surface area (Å²) in [4.78, 5) is 16.3. The molecule has 6 heteroatoms. The van der Waals surface area contributed by atoms with Crippen molar-refractivity contribution in [2.75, 3.05) is 6.54 Å². The summed E-state index contributed by atoms with van der Waals surface area (Å²) in [6.45, 7) is 6.52.